The first-order valence-corrected chi connectivity index (χ1v) is 26.2. The molecule has 0 heterocycles. The predicted octanol–water partition coefficient (Wildman–Crippen LogP) is -1.51. The molecule has 0 saturated heterocycles. The largest absolute Gasteiger partial charge is 1.00 e. The SMILES string of the molecule is CC#Cc1cc(OC(COCCOCCOCCO)COCCOCCOCCOC)c(C#Cc2cc(OCC(=O)[O-])c(C)cc2OCC(C)=O)cc1OC(COCCOCCOCCOC)COCCOCCOCCOC.[Na+]. The third kappa shape index (κ3) is 38.9. The van der Waals surface area contributed by atoms with Gasteiger partial charge in [-0.25, -0.2) is 0 Å². The Morgan fingerprint density at radius 1 is 0.450 bits per heavy atom. The van der Waals surface area contributed by atoms with Gasteiger partial charge in [0.25, 0.3) is 0 Å². The van der Waals surface area contributed by atoms with Crippen LogP contribution in [0.1, 0.15) is 36.1 Å². The molecule has 0 radical (unpaired) electrons. The standard InChI is InChI=1S/C56H86O23.Na/c1-7-8-47-37-55(79-51(42-74-31-27-68-20-19-64-12-11-57)43-75-34-30-71-26-23-67-18-15-63-6)49(10-9-48-36-52(77-44-56(59)60)45(2)35-53(48)76-39-46(3)58)38-54(47)78-50(40-72-32-28-69-24-21-65-16-13-61-4)41-73-33-29-70-25-22-66-17-14-62-5;/h35-38,50-51,57H,11-34,39-44H2,1-6H3,(H,59,60);/q;+1/p-1. The Kier molecular flexibility index (Phi) is 48.4. The summed E-state index contributed by atoms with van der Waals surface area (Å²) in [6, 6.07) is 6.51. The molecule has 0 aliphatic heterocycles. The normalized spacial score (nSPS) is 11.3. The number of carbonyl (C=O) groups is 2. The zero-order valence-electron chi connectivity index (χ0n) is 48.1. The number of aliphatic hydroxyl groups excluding tert-OH is 1. The van der Waals surface area contributed by atoms with Gasteiger partial charge in [0, 0.05) is 33.5 Å². The van der Waals surface area contributed by atoms with Gasteiger partial charge >= 0.3 is 29.6 Å². The molecule has 0 fully saturated rings. The molecule has 0 spiro atoms. The molecule has 448 valence electrons. The number of aryl methyl sites for hydroxylation is 1. The number of carbonyl (C=O) groups excluding carboxylic acids is 2. The van der Waals surface area contributed by atoms with Gasteiger partial charge in [-0.15, -0.1) is 5.92 Å². The van der Waals surface area contributed by atoms with Crippen LogP contribution in [-0.2, 0) is 80.6 Å². The number of aliphatic hydroxyl groups is 1. The van der Waals surface area contributed by atoms with Crippen LogP contribution in [0.4, 0.5) is 0 Å². The maximum atomic E-state index is 12.1. The van der Waals surface area contributed by atoms with Gasteiger partial charge in [0.1, 0.15) is 48.4 Å². The van der Waals surface area contributed by atoms with Crippen LogP contribution in [0, 0.1) is 30.6 Å². The monoisotopic (exact) mass is 1150 g/mol. The van der Waals surface area contributed by atoms with Gasteiger partial charge in [0.2, 0.25) is 0 Å². The zero-order valence-corrected chi connectivity index (χ0v) is 50.1. The van der Waals surface area contributed by atoms with Gasteiger partial charge in [-0.2, -0.15) is 0 Å². The van der Waals surface area contributed by atoms with Crippen LogP contribution in [-0.4, -0.2) is 249 Å². The molecule has 0 aliphatic carbocycles. The fourth-order valence-electron chi connectivity index (χ4n) is 6.27. The van der Waals surface area contributed by atoms with Gasteiger partial charge in [-0.1, -0.05) is 17.8 Å². The minimum absolute atomic E-state index is 0. The van der Waals surface area contributed by atoms with E-state index in [1.165, 1.54) is 13.0 Å². The number of carboxylic acids is 1. The van der Waals surface area contributed by atoms with Crippen molar-refractivity contribution in [3.63, 3.8) is 0 Å². The number of carboxylic acid groups (broad SMARTS) is 1. The molecular weight excluding hydrogens is 1060 g/mol. The maximum Gasteiger partial charge on any atom is 1.00 e. The summed E-state index contributed by atoms with van der Waals surface area (Å²) in [7, 11) is 4.82. The summed E-state index contributed by atoms with van der Waals surface area (Å²) in [6.07, 6.45) is -1.39. The molecular formula is C56H85NaO23. The molecule has 0 saturated carbocycles. The molecule has 23 nitrogen and oxygen atoms in total. The van der Waals surface area contributed by atoms with E-state index in [1.54, 1.807) is 53.4 Å². The van der Waals surface area contributed by atoms with Crippen molar-refractivity contribution in [3.05, 3.63) is 46.5 Å². The summed E-state index contributed by atoms with van der Waals surface area (Å²) < 4.78 is 108. The molecule has 0 amide bonds. The molecule has 1 N–H and O–H groups in total. The van der Waals surface area contributed by atoms with Crippen molar-refractivity contribution in [3.8, 4) is 46.7 Å². The minimum atomic E-state index is -1.42. The topological polar surface area (TPSA) is 253 Å². The quantitative estimate of drug-likeness (QED) is 0.0449. The Hall–Kier alpha value is -3.74. The number of aliphatic carboxylic acids is 1. The Morgan fingerprint density at radius 3 is 1.10 bits per heavy atom. The summed E-state index contributed by atoms with van der Waals surface area (Å²) >= 11 is 0. The fraction of sp³-hybridized carbons (Fsp3) is 0.679. The number of hydrogen-bond donors (Lipinski definition) is 1. The molecule has 0 aliphatic rings. The van der Waals surface area contributed by atoms with E-state index in [-0.39, 0.29) is 144 Å². The summed E-state index contributed by atoms with van der Waals surface area (Å²) in [4.78, 5) is 23.5. The average Bonchev–Trinajstić information content (AvgIpc) is 3.43. The molecule has 24 heteroatoms. The third-order valence-corrected chi connectivity index (χ3v) is 10.0. The smallest absolute Gasteiger partial charge is 0.546 e. The van der Waals surface area contributed by atoms with Crippen molar-refractivity contribution in [1.82, 2.24) is 0 Å². The molecule has 1 unspecified atom stereocenters. The van der Waals surface area contributed by atoms with Crippen molar-refractivity contribution in [1.29, 1.82) is 0 Å². The van der Waals surface area contributed by atoms with Crippen molar-refractivity contribution < 1.29 is 139 Å². The number of benzene rings is 2. The van der Waals surface area contributed by atoms with Crippen molar-refractivity contribution in [2.24, 2.45) is 0 Å². The Labute approximate surface area is 494 Å². The second-order valence-corrected chi connectivity index (χ2v) is 16.6. The van der Waals surface area contributed by atoms with Gasteiger partial charge < -0.3 is 105 Å². The van der Waals surface area contributed by atoms with Gasteiger partial charge in [0.05, 0.1) is 208 Å². The third-order valence-electron chi connectivity index (χ3n) is 10.0. The van der Waals surface area contributed by atoms with Crippen LogP contribution in [0.25, 0.3) is 0 Å². The molecule has 2 aromatic carbocycles. The Balaban J connectivity index is 0.0000320. The van der Waals surface area contributed by atoms with E-state index < -0.39 is 24.8 Å². The molecule has 2 aromatic rings. The minimum Gasteiger partial charge on any atom is -0.546 e. The first kappa shape index (κ1) is 74.3. The van der Waals surface area contributed by atoms with E-state index in [0.717, 1.165) is 0 Å². The number of Topliss-reactive ketones (excluding diaryl/α,β-unsaturated/α-hetero) is 1. The van der Waals surface area contributed by atoms with E-state index in [0.29, 0.717) is 128 Å². The number of methoxy groups -OCH3 is 3. The molecule has 0 bridgehead atoms. The van der Waals surface area contributed by atoms with Crippen molar-refractivity contribution in [2.45, 2.75) is 33.0 Å². The van der Waals surface area contributed by atoms with Gasteiger partial charge in [-0.3, -0.25) is 4.79 Å². The number of ether oxygens (including phenoxy) is 19. The van der Waals surface area contributed by atoms with Gasteiger partial charge in [-0.05, 0) is 38.5 Å². The van der Waals surface area contributed by atoms with Crippen LogP contribution in [0.15, 0.2) is 24.3 Å². The first-order chi connectivity index (χ1) is 38.6. The van der Waals surface area contributed by atoms with Crippen molar-refractivity contribution >= 4 is 11.8 Å². The Morgan fingerprint density at radius 2 is 0.762 bits per heavy atom. The van der Waals surface area contributed by atoms with Crippen LogP contribution in [0.2, 0.25) is 0 Å². The van der Waals surface area contributed by atoms with E-state index >= 15 is 0 Å². The summed E-state index contributed by atoms with van der Waals surface area (Å²) in [5.74, 6) is 11.8. The molecule has 0 aromatic heterocycles. The summed E-state index contributed by atoms with van der Waals surface area (Å²) in [6.45, 7) is 12.2. The van der Waals surface area contributed by atoms with Crippen LogP contribution >= 0.6 is 0 Å². The average molecular weight is 1150 g/mol. The fourth-order valence-corrected chi connectivity index (χ4v) is 6.27. The van der Waals surface area contributed by atoms with Crippen LogP contribution in [0.3, 0.4) is 0 Å². The molecule has 2 rings (SSSR count). The van der Waals surface area contributed by atoms with Crippen LogP contribution in [0.5, 0.6) is 23.0 Å². The van der Waals surface area contributed by atoms with E-state index in [2.05, 4.69) is 23.7 Å². The second-order valence-electron chi connectivity index (χ2n) is 16.6. The van der Waals surface area contributed by atoms with E-state index in [9.17, 15) is 14.7 Å². The van der Waals surface area contributed by atoms with Crippen molar-refractivity contribution in [2.75, 3.05) is 220 Å². The van der Waals surface area contributed by atoms with E-state index in [1.807, 2.05) is 0 Å². The number of rotatable bonds is 53. The molecule has 1 atom stereocenters. The summed E-state index contributed by atoms with van der Waals surface area (Å²) in [5.41, 5.74) is 1.57. The zero-order chi connectivity index (χ0) is 57.2. The summed E-state index contributed by atoms with van der Waals surface area (Å²) in [5, 5.41) is 20.4. The number of hydrogen-bond acceptors (Lipinski definition) is 23. The number of ketones is 1. The second kappa shape index (κ2) is 52.1. The maximum absolute atomic E-state index is 12.1. The van der Waals surface area contributed by atoms with Gasteiger partial charge in [0.15, 0.2) is 5.78 Å². The molecule has 80 heavy (non-hydrogen) atoms. The first-order valence-electron chi connectivity index (χ1n) is 26.2. The van der Waals surface area contributed by atoms with E-state index in [4.69, 9.17) is 95.1 Å². The van der Waals surface area contributed by atoms with Crippen LogP contribution < -0.4 is 53.6 Å². The predicted molar refractivity (Wildman–Crippen MR) is 284 cm³/mol. The Bertz CT molecular complexity index is 1980.